The van der Waals surface area contributed by atoms with Gasteiger partial charge in [0.1, 0.15) is 0 Å². The largest absolute Gasteiger partial charge is 0.328 e. The summed E-state index contributed by atoms with van der Waals surface area (Å²) in [6.45, 7) is 10.7. The van der Waals surface area contributed by atoms with Gasteiger partial charge in [-0.15, -0.1) is 0 Å². The zero-order valence-corrected chi connectivity index (χ0v) is 11.4. The van der Waals surface area contributed by atoms with Crippen molar-refractivity contribution in [2.45, 2.75) is 34.1 Å². The molecule has 1 rings (SSSR count). The molecule has 96 valence electrons. The highest BCUT2D eigenvalue weighted by atomic mass is 16.2. The first kappa shape index (κ1) is 14.0. The Bertz CT molecular complexity index is 327. The van der Waals surface area contributed by atoms with Crippen molar-refractivity contribution >= 4 is 5.91 Å². The first-order valence-electron chi connectivity index (χ1n) is 6.48. The average molecular weight is 236 g/mol. The van der Waals surface area contributed by atoms with Gasteiger partial charge in [0, 0.05) is 5.70 Å². The number of nitrogens with one attached hydrogen (secondary N) is 1. The van der Waals surface area contributed by atoms with Crippen molar-refractivity contribution < 1.29 is 4.79 Å². The van der Waals surface area contributed by atoms with Crippen LogP contribution in [0, 0.1) is 5.92 Å². The van der Waals surface area contributed by atoms with E-state index >= 15 is 0 Å². The average Bonchev–Trinajstić information content (AvgIpc) is 2.31. The highest BCUT2D eigenvalue weighted by molar-refractivity contribution is 5.80. The summed E-state index contributed by atoms with van der Waals surface area (Å²) < 4.78 is 0. The lowest BCUT2D eigenvalue weighted by Gasteiger charge is -2.23. The summed E-state index contributed by atoms with van der Waals surface area (Å²) in [4.78, 5) is 14.0. The van der Waals surface area contributed by atoms with Crippen molar-refractivity contribution in [2.75, 3.05) is 19.6 Å². The Balaban J connectivity index is 2.58. The van der Waals surface area contributed by atoms with Crippen LogP contribution in [0.2, 0.25) is 0 Å². The van der Waals surface area contributed by atoms with Crippen molar-refractivity contribution in [2.24, 2.45) is 5.92 Å². The second-order valence-electron chi connectivity index (χ2n) is 4.65. The molecule has 1 aliphatic rings. The Morgan fingerprint density at radius 3 is 2.65 bits per heavy atom. The molecule has 3 nitrogen and oxygen atoms in total. The number of carbonyl (C=O) groups excluding carboxylic acids is 1. The summed E-state index contributed by atoms with van der Waals surface area (Å²) in [6, 6.07) is 0. The van der Waals surface area contributed by atoms with Crippen LogP contribution in [0.5, 0.6) is 0 Å². The zero-order valence-electron chi connectivity index (χ0n) is 11.4. The van der Waals surface area contributed by atoms with Gasteiger partial charge in [0.05, 0.1) is 6.54 Å². The second-order valence-corrected chi connectivity index (χ2v) is 4.65. The highest BCUT2D eigenvalue weighted by Crippen LogP contribution is 2.22. The van der Waals surface area contributed by atoms with Crippen molar-refractivity contribution in [1.29, 1.82) is 0 Å². The Kier molecular flexibility index (Phi) is 5.42. The van der Waals surface area contributed by atoms with Crippen LogP contribution in [0.1, 0.15) is 34.1 Å². The van der Waals surface area contributed by atoms with E-state index in [1.165, 1.54) is 5.57 Å². The molecule has 0 aromatic heterocycles. The third-order valence-corrected chi connectivity index (χ3v) is 3.31. The van der Waals surface area contributed by atoms with Gasteiger partial charge in [-0.3, -0.25) is 9.69 Å². The number of allylic oxidation sites excluding steroid dienone is 4. The summed E-state index contributed by atoms with van der Waals surface area (Å²) in [7, 11) is 0. The van der Waals surface area contributed by atoms with Crippen LogP contribution in [0.15, 0.2) is 23.4 Å². The molecule has 0 spiro atoms. The van der Waals surface area contributed by atoms with Crippen LogP contribution in [0.3, 0.4) is 0 Å². The number of hydrogen-bond donors (Lipinski definition) is 1. The molecule has 0 saturated heterocycles. The summed E-state index contributed by atoms with van der Waals surface area (Å²) >= 11 is 0. The van der Waals surface area contributed by atoms with E-state index in [1.807, 2.05) is 0 Å². The van der Waals surface area contributed by atoms with Gasteiger partial charge in [-0.1, -0.05) is 32.9 Å². The molecule has 3 heteroatoms. The maximum atomic E-state index is 11.9. The molecule has 0 radical (unpaired) electrons. The van der Waals surface area contributed by atoms with Crippen LogP contribution in [-0.2, 0) is 4.79 Å². The van der Waals surface area contributed by atoms with Gasteiger partial charge in [0.25, 0.3) is 0 Å². The highest BCUT2D eigenvalue weighted by Gasteiger charge is 2.16. The minimum Gasteiger partial charge on any atom is -0.328 e. The van der Waals surface area contributed by atoms with Gasteiger partial charge >= 0.3 is 0 Å². The second kappa shape index (κ2) is 6.60. The summed E-state index contributed by atoms with van der Waals surface area (Å²) in [5.41, 5.74) is 2.27. The first-order valence-corrected chi connectivity index (χ1v) is 6.48. The monoisotopic (exact) mass is 236 g/mol. The van der Waals surface area contributed by atoms with E-state index in [1.54, 1.807) is 0 Å². The quantitative estimate of drug-likeness (QED) is 0.794. The smallest absolute Gasteiger partial charge is 0.238 e. The topological polar surface area (TPSA) is 32.3 Å². The van der Waals surface area contributed by atoms with E-state index in [4.69, 9.17) is 0 Å². The first-order chi connectivity index (χ1) is 8.08. The molecule has 0 aromatic rings. The Morgan fingerprint density at radius 1 is 1.47 bits per heavy atom. The fourth-order valence-corrected chi connectivity index (χ4v) is 2.11. The Morgan fingerprint density at radius 2 is 2.12 bits per heavy atom. The van der Waals surface area contributed by atoms with Gasteiger partial charge < -0.3 is 5.32 Å². The van der Waals surface area contributed by atoms with Crippen molar-refractivity contribution in [3.8, 4) is 0 Å². The summed E-state index contributed by atoms with van der Waals surface area (Å²) in [6.07, 6.45) is 5.27. The molecule has 0 fully saturated rings. The van der Waals surface area contributed by atoms with Crippen molar-refractivity contribution in [1.82, 2.24) is 10.2 Å². The molecule has 1 atom stereocenters. The maximum absolute atomic E-state index is 11.9. The van der Waals surface area contributed by atoms with Crippen LogP contribution >= 0.6 is 0 Å². The Labute approximate surface area is 105 Å². The van der Waals surface area contributed by atoms with Crippen LogP contribution in [0.4, 0.5) is 0 Å². The lowest BCUT2D eigenvalue weighted by atomic mass is 9.94. The number of amides is 1. The predicted octanol–water partition coefficient (Wildman–Crippen LogP) is 2.31. The van der Waals surface area contributed by atoms with Crippen LogP contribution in [-0.4, -0.2) is 30.4 Å². The molecule has 0 aromatic carbocycles. The molecule has 0 saturated carbocycles. The van der Waals surface area contributed by atoms with Gasteiger partial charge in [-0.25, -0.2) is 0 Å². The number of carbonyl (C=O) groups is 1. The summed E-state index contributed by atoms with van der Waals surface area (Å²) in [5, 5.41) is 3.07. The van der Waals surface area contributed by atoms with E-state index in [0.29, 0.717) is 12.5 Å². The summed E-state index contributed by atoms with van der Waals surface area (Å²) in [5.74, 6) is 0.519. The maximum Gasteiger partial charge on any atom is 0.238 e. The molecule has 1 unspecified atom stereocenters. The lowest BCUT2D eigenvalue weighted by Crippen LogP contribution is -2.38. The number of rotatable bonds is 5. The molecule has 1 N–H and O–H groups in total. The third kappa shape index (κ3) is 4.00. The fraction of sp³-hybridized carbons (Fsp3) is 0.643. The predicted molar refractivity (Wildman–Crippen MR) is 71.6 cm³/mol. The molecule has 0 heterocycles. The fourth-order valence-electron chi connectivity index (χ4n) is 2.11. The van der Waals surface area contributed by atoms with Gasteiger partial charge in [0.15, 0.2) is 0 Å². The molecular formula is C14H24N2O. The molecule has 0 aliphatic heterocycles. The van der Waals surface area contributed by atoms with Crippen molar-refractivity contribution in [3.63, 3.8) is 0 Å². The molecular weight excluding hydrogens is 212 g/mol. The molecule has 1 amide bonds. The minimum absolute atomic E-state index is 0.102. The van der Waals surface area contributed by atoms with Gasteiger partial charge in [-0.05, 0) is 37.9 Å². The molecule has 1 aliphatic carbocycles. The van der Waals surface area contributed by atoms with Gasteiger partial charge in [-0.2, -0.15) is 0 Å². The van der Waals surface area contributed by atoms with Crippen LogP contribution < -0.4 is 5.32 Å². The SMILES string of the molecule is CCN(CC)CC(=O)NC1=C(C)C=CCC1C. The number of hydrogen-bond acceptors (Lipinski definition) is 2. The van der Waals surface area contributed by atoms with E-state index in [-0.39, 0.29) is 5.91 Å². The number of nitrogens with zero attached hydrogens (tertiary/aromatic N) is 1. The molecule has 17 heavy (non-hydrogen) atoms. The van der Waals surface area contributed by atoms with E-state index in [2.05, 4.69) is 50.1 Å². The third-order valence-electron chi connectivity index (χ3n) is 3.31. The van der Waals surface area contributed by atoms with Crippen LogP contribution in [0.25, 0.3) is 0 Å². The van der Waals surface area contributed by atoms with Gasteiger partial charge in [0.2, 0.25) is 5.91 Å². The van der Waals surface area contributed by atoms with E-state index in [0.717, 1.165) is 25.2 Å². The Hall–Kier alpha value is -1.09. The minimum atomic E-state index is 0.102. The lowest BCUT2D eigenvalue weighted by molar-refractivity contribution is -0.121. The zero-order chi connectivity index (χ0) is 12.8. The van der Waals surface area contributed by atoms with E-state index < -0.39 is 0 Å². The standard InChI is InChI=1S/C14H24N2O/c1-5-16(6-2)10-13(17)15-14-11(3)8-7-9-12(14)4/h7-8,12H,5-6,9-10H2,1-4H3,(H,15,17). The molecule has 0 bridgehead atoms. The van der Waals surface area contributed by atoms with Crippen molar-refractivity contribution in [3.05, 3.63) is 23.4 Å². The number of likely N-dealkylation sites (N-methyl/N-ethyl adjacent to an activating group) is 1. The van der Waals surface area contributed by atoms with E-state index in [9.17, 15) is 4.79 Å². The normalized spacial score (nSPS) is 19.9.